The maximum atomic E-state index is 12.1. The summed E-state index contributed by atoms with van der Waals surface area (Å²) in [6.45, 7) is 3.24. The maximum absolute atomic E-state index is 12.1. The molecule has 0 spiro atoms. The van der Waals surface area contributed by atoms with Crippen molar-refractivity contribution in [1.29, 1.82) is 0 Å². The van der Waals surface area contributed by atoms with Crippen LogP contribution in [0.1, 0.15) is 38.2 Å². The Morgan fingerprint density at radius 2 is 1.95 bits per heavy atom. The molecule has 1 aliphatic heterocycles. The minimum Gasteiger partial charge on any atom is -0.300 e. The second-order valence-corrected chi connectivity index (χ2v) is 5.31. The molecule has 0 aliphatic carbocycles. The van der Waals surface area contributed by atoms with E-state index in [0.717, 1.165) is 32.4 Å². The van der Waals surface area contributed by atoms with E-state index < -0.39 is 0 Å². The van der Waals surface area contributed by atoms with E-state index in [-0.39, 0.29) is 24.0 Å². The monoisotopic (exact) mass is 259 g/mol. The van der Waals surface area contributed by atoms with Crippen molar-refractivity contribution in [2.45, 2.75) is 45.2 Å². The Morgan fingerprint density at radius 1 is 1.21 bits per heavy atom. The second-order valence-electron chi connectivity index (χ2n) is 5.31. The molecule has 3 heteroatoms. The van der Waals surface area contributed by atoms with Crippen molar-refractivity contribution in [2.75, 3.05) is 6.54 Å². The van der Waals surface area contributed by atoms with Crippen LogP contribution in [0.15, 0.2) is 30.3 Å². The van der Waals surface area contributed by atoms with Gasteiger partial charge in [-0.1, -0.05) is 36.8 Å². The molecule has 0 bridgehead atoms. The predicted molar refractivity (Wildman–Crippen MR) is 74.8 cm³/mol. The predicted octanol–water partition coefficient (Wildman–Crippen LogP) is 2.59. The Hall–Kier alpha value is -1.48. The summed E-state index contributed by atoms with van der Waals surface area (Å²) in [5.74, 6) is 0.0540. The molecule has 0 radical (unpaired) electrons. The van der Waals surface area contributed by atoms with Gasteiger partial charge in [-0.15, -0.1) is 0 Å². The van der Waals surface area contributed by atoms with Crippen LogP contribution in [0.25, 0.3) is 0 Å². The number of carbonyl (C=O) groups excluding carboxylic acids is 2. The largest absolute Gasteiger partial charge is 0.300 e. The summed E-state index contributed by atoms with van der Waals surface area (Å²) < 4.78 is 0. The highest BCUT2D eigenvalue weighted by atomic mass is 16.1. The average molecular weight is 259 g/mol. The number of ketones is 2. The van der Waals surface area contributed by atoms with Gasteiger partial charge in [-0.25, -0.2) is 0 Å². The van der Waals surface area contributed by atoms with Crippen molar-refractivity contribution >= 4 is 11.6 Å². The molecule has 1 aromatic carbocycles. The molecule has 1 aromatic rings. The lowest BCUT2D eigenvalue weighted by atomic mass is 9.95. The zero-order valence-electron chi connectivity index (χ0n) is 11.5. The first-order valence-electron chi connectivity index (χ1n) is 6.97. The molecule has 0 saturated carbocycles. The van der Waals surface area contributed by atoms with Crippen molar-refractivity contribution in [3.8, 4) is 0 Å². The number of hydrogen-bond acceptors (Lipinski definition) is 3. The molecular weight excluding hydrogens is 238 g/mol. The van der Waals surface area contributed by atoms with Gasteiger partial charge in [0.05, 0.1) is 12.5 Å². The molecule has 0 amide bonds. The number of rotatable bonds is 5. The standard InChI is InChI=1S/C16H21NO2/c1-13(18)11-16(19)15-9-5-6-10-17(15)12-14-7-3-2-4-8-14/h2-4,7-8,15H,5-6,9-12H2,1H3. The molecule has 1 aliphatic rings. The summed E-state index contributed by atoms with van der Waals surface area (Å²) in [4.78, 5) is 25.5. The number of carbonyl (C=O) groups is 2. The van der Waals surface area contributed by atoms with E-state index in [1.165, 1.54) is 12.5 Å². The lowest BCUT2D eigenvalue weighted by molar-refractivity contribution is -0.130. The van der Waals surface area contributed by atoms with Crippen molar-refractivity contribution < 1.29 is 9.59 Å². The van der Waals surface area contributed by atoms with Crippen LogP contribution in [0.5, 0.6) is 0 Å². The Labute approximate surface area is 114 Å². The lowest BCUT2D eigenvalue weighted by Crippen LogP contribution is -2.44. The Balaban J connectivity index is 2.03. The molecule has 1 fully saturated rings. The highest BCUT2D eigenvalue weighted by Gasteiger charge is 2.28. The first kappa shape index (κ1) is 13.9. The van der Waals surface area contributed by atoms with Gasteiger partial charge < -0.3 is 0 Å². The van der Waals surface area contributed by atoms with E-state index in [0.29, 0.717) is 0 Å². The molecule has 0 N–H and O–H groups in total. The lowest BCUT2D eigenvalue weighted by Gasteiger charge is -2.34. The van der Waals surface area contributed by atoms with Crippen LogP contribution in [-0.2, 0) is 16.1 Å². The van der Waals surface area contributed by atoms with Gasteiger partial charge in [0.2, 0.25) is 0 Å². The Kier molecular flexibility index (Phi) is 4.86. The van der Waals surface area contributed by atoms with Crippen molar-refractivity contribution in [3.63, 3.8) is 0 Å². The summed E-state index contributed by atoms with van der Waals surface area (Å²) in [6.07, 6.45) is 3.19. The van der Waals surface area contributed by atoms with Crippen LogP contribution in [0.4, 0.5) is 0 Å². The van der Waals surface area contributed by atoms with E-state index in [4.69, 9.17) is 0 Å². The summed E-state index contributed by atoms with van der Waals surface area (Å²) in [7, 11) is 0. The SMILES string of the molecule is CC(=O)CC(=O)C1CCCCN1Cc1ccccc1. The van der Waals surface area contributed by atoms with Gasteiger partial charge in [-0.2, -0.15) is 0 Å². The van der Waals surface area contributed by atoms with Gasteiger partial charge in [0.25, 0.3) is 0 Å². The van der Waals surface area contributed by atoms with Gasteiger partial charge in [0.15, 0.2) is 5.78 Å². The molecule has 1 unspecified atom stereocenters. The molecule has 1 saturated heterocycles. The van der Waals surface area contributed by atoms with Crippen molar-refractivity contribution in [3.05, 3.63) is 35.9 Å². The molecule has 2 rings (SSSR count). The normalized spacial score (nSPS) is 20.2. The molecule has 102 valence electrons. The highest BCUT2D eigenvalue weighted by molar-refractivity contribution is 6.00. The van der Waals surface area contributed by atoms with Gasteiger partial charge in [-0.05, 0) is 31.9 Å². The van der Waals surface area contributed by atoms with E-state index >= 15 is 0 Å². The fourth-order valence-electron chi connectivity index (χ4n) is 2.73. The van der Waals surface area contributed by atoms with Gasteiger partial charge >= 0.3 is 0 Å². The van der Waals surface area contributed by atoms with Crippen LogP contribution in [0.3, 0.4) is 0 Å². The van der Waals surface area contributed by atoms with E-state index in [9.17, 15) is 9.59 Å². The Morgan fingerprint density at radius 3 is 2.63 bits per heavy atom. The van der Waals surface area contributed by atoms with Crippen molar-refractivity contribution in [1.82, 2.24) is 4.90 Å². The number of likely N-dealkylation sites (tertiary alicyclic amines) is 1. The van der Waals surface area contributed by atoms with Crippen LogP contribution >= 0.6 is 0 Å². The van der Waals surface area contributed by atoms with E-state index in [2.05, 4.69) is 17.0 Å². The van der Waals surface area contributed by atoms with Crippen LogP contribution in [0.2, 0.25) is 0 Å². The molecular formula is C16H21NO2. The first-order valence-corrected chi connectivity index (χ1v) is 6.97. The quantitative estimate of drug-likeness (QED) is 0.763. The third-order valence-electron chi connectivity index (χ3n) is 3.64. The number of hydrogen-bond donors (Lipinski definition) is 0. The molecule has 1 heterocycles. The number of Topliss-reactive ketones (excluding diaryl/α,β-unsaturated/α-hetero) is 2. The molecule has 0 aromatic heterocycles. The molecule has 3 nitrogen and oxygen atoms in total. The number of piperidine rings is 1. The first-order chi connectivity index (χ1) is 9.16. The van der Waals surface area contributed by atoms with E-state index in [1.807, 2.05) is 18.2 Å². The topological polar surface area (TPSA) is 37.4 Å². The summed E-state index contributed by atoms with van der Waals surface area (Å²) in [6, 6.07) is 10.1. The average Bonchev–Trinajstić information content (AvgIpc) is 2.39. The van der Waals surface area contributed by atoms with Crippen LogP contribution in [0, 0.1) is 0 Å². The summed E-state index contributed by atoms with van der Waals surface area (Å²) in [5, 5.41) is 0. The second kappa shape index (κ2) is 6.62. The highest BCUT2D eigenvalue weighted by Crippen LogP contribution is 2.21. The zero-order valence-corrected chi connectivity index (χ0v) is 11.5. The molecule has 19 heavy (non-hydrogen) atoms. The van der Waals surface area contributed by atoms with Crippen LogP contribution in [-0.4, -0.2) is 29.1 Å². The fourth-order valence-corrected chi connectivity index (χ4v) is 2.73. The summed E-state index contributed by atoms with van der Waals surface area (Å²) >= 11 is 0. The third kappa shape index (κ3) is 4.00. The van der Waals surface area contributed by atoms with Crippen LogP contribution < -0.4 is 0 Å². The van der Waals surface area contributed by atoms with Crippen molar-refractivity contribution in [2.24, 2.45) is 0 Å². The number of nitrogens with zero attached hydrogens (tertiary/aromatic N) is 1. The Bertz CT molecular complexity index is 441. The number of benzene rings is 1. The van der Waals surface area contributed by atoms with Gasteiger partial charge in [-0.3, -0.25) is 14.5 Å². The molecule has 1 atom stereocenters. The smallest absolute Gasteiger partial charge is 0.157 e. The minimum atomic E-state index is -0.0714. The third-order valence-corrected chi connectivity index (χ3v) is 3.64. The summed E-state index contributed by atoms with van der Waals surface area (Å²) in [5.41, 5.74) is 1.23. The van der Waals surface area contributed by atoms with Gasteiger partial charge in [0, 0.05) is 6.54 Å². The maximum Gasteiger partial charge on any atom is 0.157 e. The fraction of sp³-hybridized carbons (Fsp3) is 0.500. The zero-order chi connectivity index (χ0) is 13.7. The van der Waals surface area contributed by atoms with Gasteiger partial charge in [0.1, 0.15) is 5.78 Å². The minimum absolute atomic E-state index is 0.0322. The van der Waals surface area contributed by atoms with E-state index in [1.54, 1.807) is 0 Å².